The molecule has 0 aliphatic carbocycles. The number of amides is 1. The molecule has 0 saturated carbocycles. The van der Waals surface area contributed by atoms with Crippen LogP contribution in [0.1, 0.15) is 31.0 Å². The van der Waals surface area contributed by atoms with Gasteiger partial charge in [-0.1, -0.05) is 26.0 Å². The molecule has 0 saturated heterocycles. The Morgan fingerprint density at radius 1 is 1.36 bits per heavy atom. The first kappa shape index (κ1) is 20.6. The van der Waals surface area contributed by atoms with Gasteiger partial charge in [0.05, 0.1) is 24.3 Å². The first-order valence-electron chi connectivity index (χ1n) is 8.49. The van der Waals surface area contributed by atoms with Crippen molar-refractivity contribution in [3.05, 3.63) is 68.1 Å². The molecular weight excluding hydrogens is 364 g/mol. The van der Waals surface area contributed by atoms with E-state index in [1.165, 1.54) is 0 Å². The van der Waals surface area contributed by atoms with E-state index in [-0.39, 0.29) is 12.0 Å². The zero-order valence-electron chi connectivity index (χ0n) is 15.7. The second-order valence-corrected chi connectivity index (χ2v) is 6.48. The van der Waals surface area contributed by atoms with Crippen molar-refractivity contribution < 1.29 is 14.5 Å². The summed E-state index contributed by atoms with van der Waals surface area (Å²) in [6.07, 6.45) is 0.959. The van der Waals surface area contributed by atoms with Gasteiger partial charge in [0.2, 0.25) is 5.91 Å². The average Bonchev–Trinajstić information content (AvgIpc) is 2.67. The number of carbonyl (C=O) groups excluding carboxylic acids is 1. The number of methoxy groups -OCH3 is 1. The van der Waals surface area contributed by atoms with Gasteiger partial charge in [0.25, 0.3) is 11.2 Å². The molecule has 1 unspecified atom stereocenters. The Labute approximate surface area is 161 Å². The van der Waals surface area contributed by atoms with Gasteiger partial charge in [0.1, 0.15) is 23.9 Å². The minimum atomic E-state index is -0.756. The van der Waals surface area contributed by atoms with Gasteiger partial charge in [0, 0.05) is 6.07 Å². The molecule has 146 valence electrons. The molecule has 0 bridgehead atoms. The smallest absolute Gasteiger partial charge is 0.287 e. The molecule has 2 aromatic rings. The lowest BCUT2D eigenvalue weighted by molar-refractivity contribution is -0.385. The number of hydrogen-bond donors (Lipinski definition) is 1. The van der Waals surface area contributed by atoms with E-state index in [1.54, 1.807) is 25.3 Å². The van der Waals surface area contributed by atoms with Crippen LogP contribution >= 0.6 is 0 Å². The van der Waals surface area contributed by atoms with Gasteiger partial charge in [-0.15, -0.1) is 0 Å². The number of aromatic nitrogens is 1. The average molecular weight is 384 g/mol. The number of ether oxygens (including phenoxy) is 1. The molecule has 28 heavy (non-hydrogen) atoms. The van der Waals surface area contributed by atoms with Gasteiger partial charge in [-0.05, 0) is 23.6 Å². The highest BCUT2D eigenvalue weighted by Gasteiger charge is 2.20. The van der Waals surface area contributed by atoms with Crippen molar-refractivity contribution in [3.63, 3.8) is 0 Å². The lowest BCUT2D eigenvalue weighted by Crippen LogP contribution is -2.37. The van der Waals surface area contributed by atoms with E-state index in [9.17, 15) is 19.7 Å². The fraction of sp³-hybridized carbons (Fsp3) is 0.316. The topological polar surface area (TPSA) is 127 Å². The summed E-state index contributed by atoms with van der Waals surface area (Å²) in [5.41, 5.74) is -0.723. The van der Waals surface area contributed by atoms with E-state index in [2.05, 4.69) is 5.32 Å². The lowest BCUT2D eigenvalue weighted by atomic mass is 9.96. The quantitative estimate of drug-likeness (QED) is 0.575. The molecule has 9 heteroatoms. The molecule has 1 heterocycles. The number of nitrogens with zero attached hydrogens (tertiary/aromatic N) is 3. The van der Waals surface area contributed by atoms with Crippen molar-refractivity contribution in [2.24, 2.45) is 5.92 Å². The summed E-state index contributed by atoms with van der Waals surface area (Å²) in [6.45, 7) is 3.43. The van der Waals surface area contributed by atoms with Crippen LogP contribution in [0.3, 0.4) is 0 Å². The van der Waals surface area contributed by atoms with Crippen molar-refractivity contribution in [3.8, 4) is 11.8 Å². The molecule has 0 aliphatic heterocycles. The highest BCUT2D eigenvalue weighted by Crippen LogP contribution is 2.24. The van der Waals surface area contributed by atoms with Crippen LogP contribution < -0.4 is 15.6 Å². The largest absolute Gasteiger partial charge is 0.497 e. The predicted octanol–water partition coefficient (Wildman–Crippen LogP) is 2.15. The number of pyridine rings is 1. The fourth-order valence-electron chi connectivity index (χ4n) is 2.74. The zero-order valence-corrected chi connectivity index (χ0v) is 15.7. The Morgan fingerprint density at radius 3 is 2.50 bits per heavy atom. The van der Waals surface area contributed by atoms with Crippen molar-refractivity contribution >= 4 is 11.6 Å². The van der Waals surface area contributed by atoms with Gasteiger partial charge in [-0.2, -0.15) is 5.26 Å². The molecule has 0 radical (unpaired) electrons. The van der Waals surface area contributed by atoms with Crippen LogP contribution in [0.4, 0.5) is 5.69 Å². The molecular formula is C19H20N4O5. The molecule has 0 fully saturated rings. The Kier molecular flexibility index (Phi) is 6.50. The number of nitro groups is 1. The molecule has 1 atom stereocenters. The first-order valence-corrected chi connectivity index (χ1v) is 8.49. The minimum absolute atomic E-state index is 0.0499. The number of carbonyl (C=O) groups is 1. The monoisotopic (exact) mass is 384 g/mol. The highest BCUT2D eigenvalue weighted by molar-refractivity contribution is 5.76. The third-order valence-electron chi connectivity index (χ3n) is 4.17. The second-order valence-electron chi connectivity index (χ2n) is 6.48. The maximum atomic E-state index is 12.5. The summed E-state index contributed by atoms with van der Waals surface area (Å²) in [5.74, 6) is 0.236. The molecule has 0 spiro atoms. The van der Waals surface area contributed by atoms with Crippen LogP contribution in [0.15, 0.2) is 41.3 Å². The number of nitrogens with one attached hydrogen (secondary N) is 1. The van der Waals surface area contributed by atoms with Crippen molar-refractivity contribution in [1.29, 1.82) is 5.26 Å². The number of rotatable bonds is 7. The van der Waals surface area contributed by atoms with Gasteiger partial charge < -0.3 is 10.1 Å². The normalized spacial score (nSPS) is 11.5. The Hall–Kier alpha value is -3.67. The van der Waals surface area contributed by atoms with Crippen LogP contribution in [-0.4, -0.2) is 22.5 Å². The highest BCUT2D eigenvalue weighted by atomic mass is 16.6. The van der Waals surface area contributed by atoms with E-state index < -0.39 is 34.2 Å². The maximum absolute atomic E-state index is 12.5. The SMILES string of the molecule is COc1ccc(C(NC(=O)Cn2cc([N+](=O)[O-])cc(C#N)c2=O)C(C)C)cc1. The number of nitriles is 1. The van der Waals surface area contributed by atoms with Gasteiger partial charge in [0.15, 0.2) is 0 Å². The summed E-state index contributed by atoms with van der Waals surface area (Å²) >= 11 is 0. The third-order valence-corrected chi connectivity index (χ3v) is 4.17. The summed E-state index contributed by atoms with van der Waals surface area (Å²) in [6, 6.07) is 9.40. The van der Waals surface area contributed by atoms with Gasteiger partial charge in [-0.3, -0.25) is 24.3 Å². The lowest BCUT2D eigenvalue weighted by Gasteiger charge is -2.23. The fourth-order valence-corrected chi connectivity index (χ4v) is 2.74. The van der Waals surface area contributed by atoms with E-state index >= 15 is 0 Å². The van der Waals surface area contributed by atoms with Crippen molar-refractivity contribution in [1.82, 2.24) is 9.88 Å². The molecule has 1 aromatic carbocycles. The van der Waals surface area contributed by atoms with E-state index in [0.717, 1.165) is 22.4 Å². The molecule has 9 nitrogen and oxygen atoms in total. The molecule has 1 N–H and O–H groups in total. The maximum Gasteiger partial charge on any atom is 0.287 e. The minimum Gasteiger partial charge on any atom is -0.497 e. The number of benzene rings is 1. The molecule has 2 rings (SSSR count). The summed E-state index contributed by atoms with van der Waals surface area (Å²) in [5, 5.41) is 22.8. The van der Waals surface area contributed by atoms with Crippen LogP contribution in [0.25, 0.3) is 0 Å². The molecule has 1 aromatic heterocycles. The van der Waals surface area contributed by atoms with E-state index in [0.29, 0.717) is 5.75 Å². The zero-order chi connectivity index (χ0) is 20.8. The van der Waals surface area contributed by atoms with E-state index in [4.69, 9.17) is 10.00 Å². The Bertz CT molecular complexity index is 973. The Morgan fingerprint density at radius 2 is 2.00 bits per heavy atom. The first-order chi connectivity index (χ1) is 13.3. The Balaban J connectivity index is 2.26. The number of hydrogen-bond acceptors (Lipinski definition) is 6. The molecule has 1 amide bonds. The van der Waals surface area contributed by atoms with Crippen LogP contribution in [0, 0.1) is 27.4 Å². The third kappa shape index (κ3) is 4.73. The van der Waals surface area contributed by atoms with Gasteiger partial charge >= 0.3 is 0 Å². The van der Waals surface area contributed by atoms with Crippen LogP contribution in [-0.2, 0) is 11.3 Å². The predicted molar refractivity (Wildman–Crippen MR) is 101 cm³/mol. The summed E-state index contributed by atoms with van der Waals surface area (Å²) in [7, 11) is 1.56. The van der Waals surface area contributed by atoms with Crippen molar-refractivity contribution in [2.75, 3.05) is 7.11 Å². The van der Waals surface area contributed by atoms with Crippen LogP contribution in [0.5, 0.6) is 5.75 Å². The second kappa shape index (κ2) is 8.81. The van der Waals surface area contributed by atoms with E-state index in [1.807, 2.05) is 26.0 Å². The van der Waals surface area contributed by atoms with Crippen LogP contribution in [0.2, 0.25) is 0 Å². The van der Waals surface area contributed by atoms with Gasteiger partial charge in [-0.25, -0.2) is 0 Å². The summed E-state index contributed by atoms with van der Waals surface area (Å²) in [4.78, 5) is 35.0. The van der Waals surface area contributed by atoms with Crippen molar-refractivity contribution in [2.45, 2.75) is 26.4 Å². The molecule has 0 aliphatic rings. The summed E-state index contributed by atoms with van der Waals surface area (Å²) < 4.78 is 6.00. The standard InChI is InChI=1S/C19H20N4O5/c1-12(2)18(13-4-6-16(28-3)7-5-13)21-17(24)11-22-10-15(23(26)27)8-14(9-20)19(22)25/h4-8,10,12,18H,11H2,1-3H3,(H,21,24).